The van der Waals surface area contributed by atoms with Crippen molar-refractivity contribution in [2.45, 2.75) is 25.4 Å². The summed E-state index contributed by atoms with van der Waals surface area (Å²) in [6.45, 7) is 3.00. The highest BCUT2D eigenvalue weighted by atomic mass is 32.2. The minimum absolute atomic E-state index is 0.0155. The van der Waals surface area contributed by atoms with Crippen molar-refractivity contribution in [1.82, 2.24) is 19.3 Å². The van der Waals surface area contributed by atoms with Gasteiger partial charge in [-0.2, -0.15) is 9.29 Å². The van der Waals surface area contributed by atoms with Gasteiger partial charge in [-0.3, -0.25) is 4.98 Å². The molecule has 2 aliphatic heterocycles. The van der Waals surface area contributed by atoms with Crippen LogP contribution >= 0.6 is 0 Å². The Morgan fingerprint density at radius 1 is 1.24 bits per heavy atom. The number of nitrogen functional groups attached to an aromatic ring is 1. The molecule has 0 aliphatic carbocycles. The molecule has 0 radical (unpaired) electrons. The molecule has 0 amide bonds. The number of nitrogens with two attached hydrogens (primary N) is 1. The van der Waals surface area contributed by atoms with Crippen LogP contribution in [0.4, 0.5) is 11.8 Å². The third-order valence-electron chi connectivity index (χ3n) is 4.93. The first-order valence-corrected chi connectivity index (χ1v) is 9.97. The van der Waals surface area contributed by atoms with Crippen LogP contribution < -0.4 is 10.6 Å². The molecule has 2 fully saturated rings. The van der Waals surface area contributed by atoms with Crippen LogP contribution in [0.1, 0.15) is 12.1 Å². The number of aromatic nitrogens is 3. The highest BCUT2D eigenvalue weighted by Gasteiger charge is 2.48. The molecule has 2 aromatic rings. The highest BCUT2D eigenvalue weighted by Crippen LogP contribution is 2.40. The minimum atomic E-state index is -3.18. The van der Waals surface area contributed by atoms with Crippen LogP contribution in [0.25, 0.3) is 11.1 Å². The molecule has 2 saturated heterocycles. The van der Waals surface area contributed by atoms with E-state index >= 15 is 0 Å². The average Bonchev–Trinajstić information content (AvgIpc) is 3.15. The van der Waals surface area contributed by atoms with Crippen LogP contribution in [0.3, 0.4) is 0 Å². The molecule has 132 valence electrons. The smallest absolute Gasteiger partial charge is 0.222 e. The summed E-state index contributed by atoms with van der Waals surface area (Å²) in [6.07, 6.45) is 5.58. The van der Waals surface area contributed by atoms with Crippen LogP contribution in [-0.4, -0.2) is 59.1 Å². The number of hydrogen-bond acceptors (Lipinski definition) is 7. The van der Waals surface area contributed by atoms with Gasteiger partial charge < -0.3 is 10.6 Å². The van der Waals surface area contributed by atoms with Gasteiger partial charge in [0.15, 0.2) is 0 Å². The first-order chi connectivity index (χ1) is 11.8. The first kappa shape index (κ1) is 16.2. The highest BCUT2D eigenvalue weighted by molar-refractivity contribution is 7.88. The van der Waals surface area contributed by atoms with Crippen LogP contribution in [0.15, 0.2) is 24.5 Å². The summed E-state index contributed by atoms with van der Waals surface area (Å²) in [4.78, 5) is 15.2. The summed E-state index contributed by atoms with van der Waals surface area (Å²) in [5.74, 6) is 0.988. The van der Waals surface area contributed by atoms with Crippen molar-refractivity contribution in [2.24, 2.45) is 0 Å². The van der Waals surface area contributed by atoms with Crippen LogP contribution in [0.2, 0.25) is 0 Å². The molecule has 25 heavy (non-hydrogen) atoms. The van der Waals surface area contributed by atoms with Gasteiger partial charge in [0.05, 0.1) is 11.9 Å². The monoisotopic (exact) mass is 360 g/mol. The van der Waals surface area contributed by atoms with Gasteiger partial charge in [0.25, 0.3) is 0 Å². The number of piperazine rings is 1. The Hall–Kier alpha value is -2.26. The van der Waals surface area contributed by atoms with Gasteiger partial charge in [0.1, 0.15) is 5.82 Å². The number of pyridine rings is 1. The fourth-order valence-electron chi connectivity index (χ4n) is 3.93. The van der Waals surface area contributed by atoms with Gasteiger partial charge in [-0.15, -0.1) is 0 Å². The van der Waals surface area contributed by atoms with Gasteiger partial charge in [-0.25, -0.2) is 13.4 Å². The van der Waals surface area contributed by atoms with Crippen LogP contribution in [-0.2, 0) is 10.0 Å². The van der Waals surface area contributed by atoms with Gasteiger partial charge in [0, 0.05) is 48.7 Å². The second-order valence-electron chi connectivity index (χ2n) is 6.64. The largest absolute Gasteiger partial charge is 0.368 e. The fraction of sp³-hybridized carbons (Fsp3) is 0.438. The summed E-state index contributed by atoms with van der Waals surface area (Å²) >= 11 is 0. The van der Waals surface area contributed by atoms with Gasteiger partial charge >= 0.3 is 0 Å². The number of rotatable bonds is 3. The number of anilines is 2. The minimum Gasteiger partial charge on any atom is -0.368 e. The molecule has 2 aromatic heterocycles. The molecule has 0 saturated carbocycles. The molecule has 4 heterocycles. The number of nitrogens with zero attached hydrogens (tertiary/aromatic N) is 5. The van der Waals surface area contributed by atoms with Crippen LogP contribution in [0.5, 0.6) is 0 Å². The van der Waals surface area contributed by atoms with E-state index in [1.165, 1.54) is 6.26 Å². The van der Waals surface area contributed by atoms with E-state index in [9.17, 15) is 8.42 Å². The van der Waals surface area contributed by atoms with E-state index in [4.69, 9.17) is 5.73 Å². The summed E-state index contributed by atoms with van der Waals surface area (Å²) in [6, 6.07) is 3.92. The Kier molecular flexibility index (Phi) is 3.66. The predicted molar refractivity (Wildman–Crippen MR) is 95.5 cm³/mol. The van der Waals surface area contributed by atoms with E-state index in [0.717, 1.165) is 29.1 Å². The van der Waals surface area contributed by atoms with E-state index in [-0.39, 0.29) is 18.0 Å². The maximum absolute atomic E-state index is 11.9. The second-order valence-corrected chi connectivity index (χ2v) is 8.57. The third kappa shape index (κ3) is 2.73. The number of hydrogen-bond donors (Lipinski definition) is 1. The van der Waals surface area contributed by atoms with Gasteiger partial charge in [0.2, 0.25) is 16.0 Å². The zero-order chi connectivity index (χ0) is 17.8. The quantitative estimate of drug-likeness (QED) is 0.857. The normalized spacial score (nSPS) is 23.4. The molecule has 2 aliphatic rings. The van der Waals surface area contributed by atoms with Crippen molar-refractivity contribution in [2.75, 3.05) is 30.0 Å². The molecule has 4 rings (SSSR count). The Morgan fingerprint density at radius 2 is 2.04 bits per heavy atom. The summed E-state index contributed by atoms with van der Waals surface area (Å²) < 4.78 is 25.4. The SMILES string of the molecule is Cc1nc(N)nc(N2CC3CC2CN3S(C)(=O)=O)c1-c1cccnc1. The molecule has 2 unspecified atom stereocenters. The Labute approximate surface area is 146 Å². The number of sulfonamides is 1. The third-order valence-corrected chi connectivity index (χ3v) is 6.23. The molecule has 8 nitrogen and oxygen atoms in total. The summed E-state index contributed by atoms with van der Waals surface area (Å²) in [5, 5.41) is 0. The number of fused-ring (bicyclic) bond motifs is 2. The summed E-state index contributed by atoms with van der Waals surface area (Å²) in [7, 11) is -3.18. The molecule has 2 atom stereocenters. The van der Waals surface area contributed by atoms with Crippen molar-refractivity contribution in [3.8, 4) is 11.1 Å². The molecule has 0 spiro atoms. The maximum Gasteiger partial charge on any atom is 0.222 e. The molecule has 0 aromatic carbocycles. The Balaban J connectivity index is 1.76. The maximum atomic E-state index is 11.9. The van der Waals surface area contributed by atoms with Gasteiger partial charge in [-0.05, 0) is 19.4 Å². The second kappa shape index (κ2) is 5.63. The summed E-state index contributed by atoms with van der Waals surface area (Å²) in [5.41, 5.74) is 8.52. The topological polar surface area (TPSA) is 105 Å². The van der Waals surface area contributed by atoms with Crippen LogP contribution in [0, 0.1) is 6.92 Å². The van der Waals surface area contributed by atoms with Crippen molar-refractivity contribution >= 4 is 21.8 Å². The van der Waals surface area contributed by atoms with Gasteiger partial charge in [-0.1, -0.05) is 6.07 Å². The molecule has 2 bridgehead atoms. The lowest BCUT2D eigenvalue weighted by Crippen LogP contribution is -2.48. The zero-order valence-electron chi connectivity index (χ0n) is 14.1. The van der Waals surface area contributed by atoms with E-state index in [1.807, 2.05) is 19.1 Å². The average molecular weight is 360 g/mol. The Morgan fingerprint density at radius 3 is 2.64 bits per heavy atom. The Bertz CT molecular complexity index is 918. The predicted octanol–water partition coefficient (Wildman–Crippen LogP) is 0.652. The van der Waals surface area contributed by atoms with Crippen molar-refractivity contribution in [3.05, 3.63) is 30.2 Å². The fourth-order valence-corrected chi connectivity index (χ4v) is 5.07. The van der Waals surface area contributed by atoms with Crippen molar-refractivity contribution in [3.63, 3.8) is 0 Å². The van der Waals surface area contributed by atoms with E-state index < -0.39 is 10.0 Å². The number of aryl methyl sites for hydroxylation is 1. The van der Waals surface area contributed by atoms with Crippen molar-refractivity contribution in [1.29, 1.82) is 0 Å². The molecular weight excluding hydrogens is 340 g/mol. The molecule has 9 heteroatoms. The standard InChI is InChI=1S/C16H20N6O2S/c1-10-14(11-4-3-5-18-7-11)15(20-16(17)19-10)21-8-13-6-12(21)9-22(13)25(2,23)24/h3-5,7,12-13H,6,8-9H2,1-2H3,(H2,17,19,20). The molecule has 2 N–H and O–H groups in total. The van der Waals surface area contributed by atoms with E-state index in [2.05, 4.69) is 19.9 Å². The van der Waals surface area contributed by atoms with Crippen molar-refractivity contribution < 1.29 is 8.42 Å². The van der Waals surface area contributed by atoms with E-state index in [1.54, 1.807) is 16.7 Å². The lowest BCUT2D eigenvalue weighted by atomic mass is 10.1. The van der Waals surface area contributed by atoms with E-state index in [0.29, 0.717) is 13.1 Å². The molecular formula is C16H20N6O2S. The lowest BCUT2D eigenvalue weighted by Gasteiger charge is -2.34. The lowest BCUT2D eigenvalue weighted by molar-refractivity contribution is 0.371. The first-order valence-electron chi connectivity index (χ1n) is 8.12. The zero-order valence-corrected chi connectivity index (χ0v) is 14.9.